The lowest BCUT2D eigenvalue weighted by Gasteiger charge is -2.21. The van der Waals surface area contributed by atoms with Crippen LogP contribution in [-0.4, -0.2) is 34.0 Å². The first kappa shape index (κ1) is 29.8. The van der Waals surface area contributed by atoms with Crippen LogP contribution in [0.3, 0.4) is 0 Å². The monoisotopic (exact) mass is 491 g/mol. The first-order valence-corrected chi connectivity index (χ1v) is 13.4. The number of carbonyl (C=O) groups is 1. The van der Waals surface area contributed by atoms with Crippen LogP contribution >= 0.6 is 0 Å². The third kappa shape index (κ3) is 9.57. The number of aryl methyl sites for hydroxylation is 1. The Hall–Kier alpha value is -2.22. The smallest absolute Gasteiger partial charge is 0.241 e. The van der Waals surface area contributed by atoms with Crippen LogP contribution in [0.1, 0.15) is 76.6 Å². The second kappa shape index (κ2) is 14.2. The first-order chi connectivity index (χ1) is 16.1. The maximum atomic E-state index is 12.8. The number of hydrogen-bond donors (Lipinski definition) is 1. The summed E-state index contributed by atoms with van der Waals surface area (Å²) in [6, 6.07) is 12.1. The van der Waals surface area contributed by atoms with Gasteiger partial charge in [-0.15, -0.1) is 0 Å². The highest BCUT2D eigenvalue weighted by atomic mass is 32.2. The molecule has 1 atom stereocenters. The summed E-state index contributed by atoms with van der Waals surface area (Å²) >= 11 is 0. The Labute approximate surface area is 206 Å². The lowest BCUT2D eigenvalue weighted by Crippen LogP contribution is -2.29. The fourth-order valence-corrected chi connectivity index (χ4v) is 4.59. The standard InChI is InChI=1S/C20H23NO4S.C5H12O.C2H6/c1-15-9-11-16(12-10-15)26(23,24)21-19-7-3-2-5-18-17(19)6-4-8-20(18)25-14-13-22;1-5(2,3)6-4;1-2/h4,6,8-13,19,21H,2-3,5,7,14H2,1H3;1-4H3;1-2H3. The van der Waals surface area contributed by atoms with Gasteiger partial charge in [0.15, 0.2) is 6.29 Å². The van der Waals surface area contributed by atoms with Crippen molar-refractivity contribution in [1.82, 2.24) is 4.72 Å². The summed E-state index contributed by atoms with van der Waals surface area (Å²) in [7, 11) is -1.90. The zero-order chi connectivity index (χ0) is 25.8. The molecule has 1 N–H and O–H groups in total. The highest BCUT2D eigenvalue weighted by Crippen LogP contribution is 2.35. The molecule has 190 valence electrons. The number of ether oxygens (including phenoxy) is 2. The van der Waals surface area contributed by atoms with Crippen LogP contribution in [0.5, 0.6) is 5.75 Å². The molecule has 0 amide bonds. The van der Waals surface area contributed by atoms with Crippen molar-refractivity contribution >= 4 is 16.3 Å². The minimum atomic E-state index is -3.61. The summed E-state index contributed by atoms with van der Waals surface area (Å²) in [4.78, 5) is 10.9. The Kier molecular flexibility index (Phi) is 12.5. The fourth-order valence-electron chi connectivity index (χ4n) is 3.34. The van der Waals surface area contributed by atoms with Gasteiger partial charge in [0.05, 0.1) is 10.5 Å². The molecule has 7 heteroatoms. The molecule has 0 fully saturated rings. The van der Waals surface area contributed by atoms with E-state index in [0.29, 0.717) is 12.0 Å². The number of benzene rings is 2. The van der Waals surface area contributed by atoms with Gasteiger partial charge < -0.3 is 9.47 Å². The van der Waals surface area contributed by atoms with Crippen molar-refractivity contribution in [3.8, 4) is 5.75 Å². The Morgan fingerprint density at radius 3 is 2.24 bits per heavy atom. The minimum absolute atomic E-state index is 0.00376. The van der Waals surface area contributed by atoms with Gasteiger partial charge >= 0.3 is 0 Å². The minimum Gasteiger partial charge on any atom is -0.486 e. The molecular weight excluding hydrogens is 450 g/mol. The molecule has 0 bridgehead atoms. The Morgan fingerprint density at radius 1 is 1.06 bits per heavy atom. The van der Waals surface area contributed by atoms with Crippen molar-refractivity contribution in [2.24, 2.45) is 0 Å². The molecule has 1 aliphatic carbocycles. The summed E-state index contributed by atoms with van der Waals surface area (Å²) in [5, 5.41) is 0. The number of hydrogen-bond acceptors (Lipinski definition) is 5. The van der Waals surface area contributed by atoms with E-state index in [4.69, 9.17) is 9.47 Å². The van der Waals surface area contributed by atoms with Crippen molar-refractivity contribution in [2.75, 3.05) is 13.7 Å². The molecular formula is C27H41NO5S. The van der Waals surface area contributed by atoms with E-state index in [1.165, 1.54) is 0 Å². The largest absolute Gasteiger partial charge is 0.486 e. The lowest BCUT2D eigenvalue weighted by molar-refractivity contribution is -0.109. The quantitative estimate of drug-likeness (QED) is 0.409. The maximum Gasteiger partial charge on any atom is 0.241 e. The molecule has 0 radical (unpaired) electrons. The first-order valence-electron chi connectivity index (χ1n) is 11.9. The number of rotatable bonds is 6. The molecule has 6 nitrogen and oxygen atoms in total. The molecule has 2 aromatic carbocycles. The fraction of sp³-hybridized carbons (Fsp3) is 0.519. The summed E-state index contributed by atoms with van der Waals surface area (Å²) in [5.74, 6) is 0.663. The molecule has 0 spiro atoms. The van der Waals surface area contributed by atoms with Crippen LogP contribution in [-0.2, 0) is 26.0 Å². The van der Waals surface area contributed by atoms with Gasteiger partial charge in [0.1, 0.15) is 12.4 Å². The van der Waals surface area contributed by atoms with Crippen LogP contribution in [0.25, 0.3) is 0 Å². The van der Waals surface area contributed by atoms with Gasteiger partial charge in [-0.1, -0.05) is 50.1 Å². The van der Waals surface area contributed by atoms with Crippen LogP contribution in [0, 0.1) is 6.92 Å². The molecule has 0 saturated heterocycles. The average Bonchev–Trinajstić information content (AvgIpc) is 3.01. The van der Waals surface area contributed by atoms with E-state index in [0.717, 1.165) is 42.4 Å². The molecule has 1 aliphatic rings. The molecule has 0 aliphatic heterocycles. The number of sulfonamides is 1. The van der Waals surface area contributed by atoms with Gasteiger partial charge in [0, 0.05) is 13.2 Å². The number of methoxy groups -OCH3 is 1. The Bertz CT molecular complexity index is 979. The van der Waals surface area contributed by atoms with Crippen LogP contribution < -0.4 is 9.46 Å². The van der Waals surface area contributed by atoms with Crippen molar-refractivity contribution in [2.45, 2.75) is 83.8 Å². The van der Waals surface area contributed by atoms with E-state index in [2.05, 4.69) is 4.72 Å². The topological polar surface area (TPSA) is 81.7 Å². The zero-order valence-electron chi connectivity index (χ0n) is 21.7. The number of nitrogens with one attached hydrogen (secondary N) is 1. The highest BCUT2D eigenvalue weighted by Gasteiger charge is 2.26. The second-order valence-corrected chi connectivity index (χ2v) is 10.6. The van der Waals surface area contributed by atoms with Gasteiger partial charge in [-0.25, -0.2) is 13.1 Å². The molecule has 0 aromatic heterocycles. The Balaban J connectivity index is 0.000000631. The lowest BCUT2D eigenvalue weighted by atomic mass is 9.99. The molecule has 0 saturated carbocycles. The third-order valence-electron chi connectivity index (χ3n) is 5.26. The van der Waals surface area contributed by atoms with E-state index in [-0.39, 0.29) is 23.1 Å². The van der Waals surface area contributed by atoms with E-state index < -0.39 is 10.0 Å². The summed E-state index contributed by atoms with van der Waals surface area (Å²) in [5.41, 5.74) is 2.98. The second-order valence-electron chi connectivity index (χ2n) is 8.85. The van der Waals surface area contributed by atoms with Crippen molar-refractivity contribution < 1.29 is 22.7 Å². The Morgan fingerprint density at radius 2 is 1.68 bits per heavy atom. The van der Waals surface area contributed by atoms with E-state index in [9.17, 15) is 13.2 Å². The predicted octanol–water partition coefficient (Wildman–Crippen LogP) is 5.78. The SMILES string of the molecule is CC.COC(C)(C)C.Cc1ccc(S(=O)(=O)NC2CCCCc3c(OCC=O)cccc32)cc1. The van der Waals surface area contributed by atoms with Crippen LogP contribution in [0.2, 0.25) is 0 Å². The van der Waals surface area contributed by atoms with Gasteiger partial charge in [-0.2, -0.15) is 0 Å². The highest BCUT2D eigenvalue weighted by molar-refractivity contribution is 7.89. The molecule has 0 heterocycles. The van der Waals surface area contributed by atoms with Gasteiger partial charge in [0.2, 0.25) is 10.0 Å². The van der Waals surface area contributed by atoms with Gasteiger partial charge in [-0.3, -0.25) is 4.79 Å². The molecule has 1 unspecified atom stereocenters. The van der Waals surface area contributed by atoms with E-state index in [1.54, 1.807) is 31.4 Å². The van der Waals surface area contributed by atoms with Crippen LogP contribution in [0.4, 0.5) is 0 Å². The molecule has 2 aromatic rings. The molecule has 34 heavy (non-hydrogen) atoms. The maximum absolute atomic E-state index is 12.8. The van der Waals surface area contributed by atoms with Crippen LogP contribution in [0.15, 0.2) is 47.4 Å². The van der Waals surface area contributed by atoms with Gasteiger partial charge in [0.25, 0.3) is 0 Å². The zero-order valence-corrected chi connectivity index (χ0v) is 22.5. The summed E-state index contributed by atoms with van der Waals surface area (Å²) in [6.07, 6.45) is 4.14. The predicted molar refractivity (Wildman–Crippen MR) is 138 cm³/mol. The van der Waals surface area contributed by atoms with Crippen molar-refractivity contribution in [3.63, 3.8) is 0 Å². The van der Waals surface area contributed by atoms with E-state index in [1.807, 2.05) is 59.7 Å². The van der Waals surface area contributed by atoms with Gasteiger partial charge in [-0.05, 0) is 76.3 Å². The molecule has 3 rings (SSSR count). The third-order valence-corrected chi connectivity index (χ3v) is 6.75. The van der Waals surface area contributed by atoms with Crippen molar-refractivity contribution in [1.29, 1.82) is 0 Å². The number of fused-ring (bicyclic) bond motifs is 1. The van der Waals surface area contributed by atoms with Crippen molar-refractivity contribution in [3.05, 3.63) is 59.2 Å². The summed E-state index contributed by atoms with van der Waals surface area (Å²) < 4.78 is 38.9. The number of aldehydes is 1. The number of carbonyl (C=O) groups excluding carboxylic acids is 1. The average molecular weight is 492 g/mol. The van der Waals surface area contributed by atoms with E-state index >= 15 is 0 Å². The summed E-state index contributed by atoms with van der Waals surface area (Å²) in [6.45, 7) is 12.0. The normalized spacial score (nSPS) is 15.4.